The number of hydrogen-bond acceptors (Lipinski definition) is 4. The Labute approximate surface area is 224 Å². The fraction of sp³-hybridized carbons (Fsp3) is 0.179. The Hall–Kier alpha value is -4.58. The van der Waals surface area contributed by atoms with E-state index in [0.717, 1.165) is 10.1 Å². The van der Waals surface area contributed by atoms with Crippen LogP contribution in [0.5, 0.6) is 0 Å². The summed E-state index contributed by atoms with van der Waals surface area (Å²) in [6, 6.07) is 20.4. The van der Waals surface area contributed by atoms with Crippen molar-refractivity contribution in [3.05, 3.63) is 128 Å². The van der Waals surface area contributed by atoms with Crippen LogP contribution in [-0.4, -0.2) is 26.4 Å². The number of aromatic nitrogens is 2. The molecule has 0 saturated heterocycles. The highest BCUT2D eigenvalue weighted by Gasteiger charge is 2.38. The first kappa shape index (κ1) is 30.0. The zero-order valence-corrected chi connectivity index (χ0v) is 21.0. The van der Waals surface area contributed by atoms with Gasteiger partial charge in [-0.1, -0.05) is 66.7 Å². The highest BCUT2D eigenvalue weighted by molar-refractivity contribution is 5.73. The number of carboxylic acid groups (broad SMARTS) is 1. The van der Waals surface area contributed by atoms with Gasteiger partial charge in [0.25, 0.3) is 5.56 Å². The van der Waals surface area contributed by atoms with Crippen molar-refractivity contribution in [2.75, 3.05) is 0 Å². The molecule has 0 radical (unpaired) electrons. The van der Waals surface area contributed by atoms with Crippen LogP contribution in [0.2, 0.25) is 0 Å². The molecule has 0 aliphatic heterocycles. The summed E-state index contributed by atoms with van der Waals surface area (Å²) in [6.07, 6.45) is -5.08. The van der Waals surface area contributed by atoms with Crippen molar-refractivity contribution < 1.29 is 31.9 Å². The minimum absolute atomic E-state index is 0.0456. The fourth-order valence-electron chi connectivity index (χ4n) is 3.92. The van der Waals surface area contributed by atoms with Gasteiger partial charge >= 0.3 is 17.8 Å². The van der Waals surface area contributed by atoms with E-state index in [1.165, 1.54) is 28.8 Å². The van der Waals surface area contributed by atoms with Crippen LogP contribution in [0, 0.1) is 18.6 Å². The molecule has 7 nitrogen and oxygen atoms in total. The average molecular weight is 562 g/mol. The molecule has 4 aromatic rings. The zero-order chi connectivity index (χ0) is 29.6. The second-order valence-corrected chi connectivity index (χ2v) is 8.64. The third-order valence-corrected chi connectivity index (χ3v) is 5.97. The Bertz CT molecular complexity index is 1620. The molecule has 0 aliphatic carbocycles. The Morgan fingerprint density at radius 1 is 0.875 bits per heavy atom. The number of nitrogens with zero attached hydrogens (tertiary/aromatic N) is 2. The van der Waals surface area contributed by atoms with Crippen LogP contribution in [0.4, 0.5) is 22.0 Å². The van der Waals surface area contributed by atoms with Gasteiger partial charge in [0.2, 0.25) is 0 Å². The van der Waals surface area contributed by atoms with Crippen molar-refractivity contribution in [1.82, 2.24) is 9.13 Å². The maximum atomic E-state index is 14.7. The molecule has 4 rings (SSSR count). The van der Waals surface area contributed by atoms with E-state index in [-0.39, 0.29) is 35.5 Å². The Morgan fingerprint density at radius 2 is 1.40 bits per heavy atom. The van der Waals surface area contributed by atoms with Gasteiger partial charge < -0.3 is 10.8 Å². The van der Waals surface area contributed by atoms with E-state index in [4.69, 9.17) is 15.6 Å². The summed E-state index contributed by atoms with van der Waals surface area (Å²) in [7, 11) is 0. The monoisotopic (exact) mass is 561 g/mol. The first-order valence-corrected chi connectivity index (χ1v) is 11.8. The summed E-state index contributed by atoms with van der Waals surface area (Å²) in [4.78, 5) is 35.8. The largest absolute Gasteiger partial charge is 0.490 e. The molecule has 3 N–H and O–H groups in total. The summed E-state index contributed by atoms with van der Waals surface area (Å²) in [5.74, 6) is -3.82. The second-order valence-electron chi connectivity index (χ2n) is 8.64. The van der Waals surface area contributed by atoms with Crippen molar-refractivity contribution in [2.45, 2.75) is 32.2 Å². The smallest absolute Gasteiger partial charge is 0.475 e. The lowest BCUT2D eigenvalue weighted by Crippen LogP contribution is -2.44. The maximum Gasteiger partial charge on any atom is 0.490 e. The van der Waals surface area contributed by atoms with Crippen LogP contribution in [0.15, 0.2) is 88.5 Å². The van der Waals surface area contributed by atoms with Gasteiger partial charge in [-0.15, -0.1) is 0 Å². The SMILES string of the molecule is Cc1c(-c2ccccc2F)c(=O)n(C[C@H](N)c2ccccc2)c(=O)n1Cc1ccccc1F.O=C(O)C(F)(F)F. The van der Waals surface area contributed by atoms with Crippen LogP contribution in [0.1, 0.15) is 22.9 Å². The third kappa shape index (κ3) is 6.89. The molecule has 1 atom stereocenters. The molecule has 0 unspecified atom stereocenters. The quantitative estimate of drug-likeness (QED) is 0.334. The number of benzene rings is 3. The van der Waals surface area contributed by atoms with E-state index in [1.807, 2.05) is 18.2 Å². The molecule has 40 heavy (non-hydrogen) atoms. The Kier molecular flexibility index (Phi) is 9.38. The lowest BCUT2D eigenvalue weighted by atomic mass is 10.0. The summed E-state index contributed by atoms with van der Waals surface area (Å²) in [5.41, 5.74) is 6.43. The van der Waals surface area contributed by atoms with Gasteiger partial charge in [-0.25, -0.2) is 18.4 Å². The normalized spacial score (nSPS) is 11.9. The van der Waals surface area contributed by atoms with Gasteiger partial charge in [-0.3, -0.25) is 13.9 Å². The summed E-state index contributed by atoms with van der Waals surface area (Å²) in [5, 5.41) is 7.12. The molecule has 12 heteroatoms. The van der Waals surface area contributed by atoms with Crippen LogP contribution < -0.4 is 17.0 Å². The third-order valence-electron chi connectivity index (χ3n) is 5.97. The van der Waals surface area contributed by atoms with Crippen molar-refractivity contribution in [3.63, 3.8) is 0 Å². The molecule has 0 amide bonds. The molecule has 1 heterocycles. The molecule has 0 saturated carbocycles. The van der Waals surface area contributed by atoms with Crippen LogP contribution in [0.25, 0.3) is 11.1 Å². The average Bonchev–Trinajstić information content (AvgIpc) is 2.91. The molecular formula is C28H24F5N3O4. The minimum Gasteiger partial charge on any atom is -0.475 e. The number of nitrogens with two attached hydrogens (primary N) is 1. The van der Waals surface area contributed by atoms with Gasteiger partial charge in [0, 0.05) is 22.9 Å². The lowest BCUT2D eigenvalue weighted by Gasteiger charge is -2.20. The van der Waals surface area contributed by atoms with Gasteiger partial charge in [-0.2, -0.15) is 13.2 Å². The lowest BCUT2D eigenvalue weighted by molar-refractivity contribution is -0.192. The number of carbonyl (C=O) groups is 1. The van der Waals surface area contributed by atoms with E-state index in [2.05, 4.69) is 0 Å². The van der Waals surface area contributed by atoms with E-state index < -0.39 is 41.1 Å². The molecule has 0 bridgehead atoms. The molecule has 0 fully saturated rings. The molecule has 0 aliphatic rings. The van der Waals surface area contributed by atoms with Crippen LogP contribution >= 0.6 is 0 Å². The summed E-state index contributed by atoms with van der Waals surface area (Å²) in [6.45, 7) is 1.34. The highest BCUT2D eigenvalue weighted by atomic mass is 19.4. The van der Waals surface area contributed by atoms with Crippen molar-refractivity contribution in [2.24, 2.45) is 5.73 Å². The van der Waals surface area contributed by atoms with Crippen molar-refractivity contribution in [1.29, 1.82) is 0 Å². The maximum absolute atomic E-state index is 14.7. The standard InChI is InChI=1S/C26H23F2N3O2.C2HF3O2/c1-17-24(20-12-6-8-14-22(20)28)25(32)31(16-23(29)18-9-3-2-4-10-18)26(33)30(17)15-19-11-5-7-13-21(19)27;3-2(4,5)1(6)7/h2-14,23H,15-16,29H2,1H3;(H,6,7)/t23-;/m0./s1. The molecule has 210 valence electrons. The predicted octanol–water partition coefficient (Wildman–Crippen LogP) is 4.65. The number of rotatable bonds is 6. The molecule has 1 aromatic heterocycles. The molecule has 0 spiro atoms. The second kappa shape index (κ2) is 12.5. The first-order chi connectivity index (χ1) is 18.8. The Morgan fingerprint density at radius 3 is 1.95 bits per heavy atom. The number of aliphatic carboxylic acids is 1. The van der Waals surface area contributed by atoms with E-state index in [1.54, 1.807) is 43.3 Å². The fourth-order valence-corrected chi connectivity index (χ4v) is 3.92. The zero-order valence-electron chi connectivity index (χ0n) is 21.0. The topological polar surface area (TPSA) is 107 Å². The molecular weight excluding hydrogens is 537 g/mol. The number of halogens is 5. The number of carboxylic acids is 1. The van der Waals surface area contributed by atoms with Gasteiger partial charge in [0.05, 0.1) is 18.7 Å². The summed E-state index contributed by atoms with van der Waals surface area (Å²) < 4.78 is 63.1. The highest BCUT2D eigenvalue weighted by Crippen LogP contribution is 2.23. The summed E-state index contributed by atoms with van der Waals surface area (Å²) >= 11 is 0. The number of alkyl halides is 3. The van der Waals surface area contributed by atoms with E-state index in [9.17, 15) is 31.5 Å². The van der Waals surface area contributed by atoms with Crippen molar-refractivity contribution >= 4 is 5.97 Å². The van der Waals surface area contributed by atoms with Crippen LogP contribution in [-0.2, 0) is 17.9 Å². The van der Waals surface area contributed by atoms with Gasteiger partial charge in [0.15, 0.2) is 0 Å². The van der Waals surface area contributed by atoms with Crippen molar-refractivity contribution in [3.8, 4) is 11.1 Å². The Balaban J connectivity index is 0.000000559. The first-order valence-electron chi connectivity index (χ1n) is 11.8. The number of hydrogen-bond donors (Lipinski definition) is 2. The van der Waals surface area contributed by atoms with E-state index >= 15 is 0 Å². The predicted molar refractivity (Wildman–Crippen MR) is 138 cm³/mol. The minimum atomic E-state index is -5.08. The van der Waals surface area contributed by atoms with Gasteiger partial charge in [-0.05, 0) is 24.6 Å². The molecule has 3 aromatic carbocycles. The van der Waals surface area contributed by atoms with Crippen LogP contribution in [0.3, 0.4) is 0 Å². The van der Waals surface area contributed by atoms with Gasteiger partial charge in [0.1, 0.15) is 11.6 Å². The van der Waals surface area contributed by atoms with E-state index in [0.29, 0.717) is 0 Å².